The van der Waals surface area contributed by atoms with Gasteiger partial charge < -0.3 is 19.8 Å². The Morgan fingerprint density at radius 2 is 1.80 bits per heavy atom. The molecule has 1 aliphatic carbocycles. The van der Waals surface area contributed by atoms with Crippen LogP contribution >= 0.6 is 11.8 Å². The highest BCUT2D eigenvalue weighted by Crippen LogP contribution is 2.58. The van der Waals surface area contributed by atoms with Crippen LogP contribution in [0.1, 0.15) is 42.8 Å². The lowest BCUT2D eigenvalue weighted by Gasteiger charge is -2.45. The number of rotatable bonds is 6. The van der Waals surface area contributed by atoms with E-state index in [1.165, 1.54) is 0 Å². The number of carbonyl (C=O) groups excluding carboxylic acids is 1. The van der Waals surface area contributed by atoms with Crippen LogP contribution in [0.2, 0.25) is 0 Å². The summed E-state index contributed by atoms with van der Waals surface area (Å²) >= 11 is 0.694. The highest BCUT2D eigenvalue weighted by molar-refractivity contribution is 8.15. The van der Waals surface area contributed by atoms with Gasteiger partial charge in [-0.2, -0.15) is 13.2 Å². The van der Waals surface area contributed by atoms with Gasteiger partial charge >= 0.3 is 12.2 Å². The van der Waals surface area contributed by atoms with Crippen LogP contribution in [0, 0.1) is 5.92 Å². The molecule has 1 fully saturated rings. The number of alkyl halides is 3. The SMILES string of the molecule is COC1CC(C2(C)SC(C(F)(F)F)=NC2c2nnc(N[C@H]3N=C(c4ccccc4)c4ccccc4NC3=O)o2)C1. The summed E-state index contributed by atoms with van der Waals surface area (Å²) in [5, 5.41) is 12.8. The fourth-order valence-electron chi connectivity index (χ4n) is 5.20. The number of halogens is 3. The van der Waals surface area contributed by atoms with Crippen molar-refractivity contribution in [2.24, 2.45) is 15.9 Å². The van der Waals surface area contributed by atoms with E-state index >= 15 is 0 Å². The third-order valence-corrected chi connectivity index (χ3v) is 9.04. The molecule has 40 heavy (non-hydrogen) atoms. The molecule has 0 radical (unpaired) electrons. The number of nitrogens with one attached hydrogen (secondary N) is 2. The molecule has 3 aliphatic rings. The van der Waals surface area contributed by atoms with E-state index in [1.54, 1.807) is 20.1 Å². The Morgan fingerprint density at radius 1 is 1.07 bits per heavy atom. The average molecular weight is 571 g/mol. The fraction of sp³-hybridized carbons (Fsp3) is 0.370. The van der Waals surface area contributed by atoms with Crippen LogP contribution in [-0.4, -0.2) is 57.2 Å². The molecule has 13 heteroatoms. The van der Waals surface area contributed by atoms with E-state index in [-0.39, 0.29) is 23.9 Å². The largest absolute Gasteiger partial charge is 0.439 e. The summed E-state index contributed by atoms with van der Waals surface area (Å²) in [6.07, 6.45) is -4.54. The average Bonchev–Trinajstić information content (AvgIpc) is 3.47. The third kappa shape index (κ3) is 4.77. The third-order valence-electron chi connectivity index (χ3n) is 7.52. The second-order valence-corrected chi connectivity index (χ2v) is 11.5. The van der Waals surface area contributed by atoms with Gasteiger partial charge in [0.05, 0.1) is 22.3 Å². The molecule has 1 amide bonds. The van der Waals surface area contributed by atoms with Gasteiger partial charge in [-0.1, -0.05) is 65.4 Å². The number of aliphatic imine (C=N–C) groups is 2. The number of hydrogen-bond acceptors (Lipinski definition) is 9. The second kappa shape index (κ2) is 10.0. The van der Waals surface area contributed by atoms with Crippen LogP contribution in [0.25, 0.3) is 0 Å². The quantitative estimate of drug-likeness (QED) is 0.417. The van der Waals surface area contributed by atoms with Crippen LogP contribution in [0.5, 0.6) is 0 Å². The van der Waals surface area contributed by atoms with Gasteiger partial charge in [-0.25, -0.2) is 4.99 Å². The van der Waals surface area contributed by atoms with E-state index in [9.17, 15) is 18.0 Å². The van der Waals surface area contributed by atoms with Crippen LogP contribution in [-0.2, 0) is 9.53 Å². The Labute approximate surface area is 231 Å². The molecule has 2 N–H and O–H groups in total. The molecule has 2 unspecified atom stereocenters. The van der Waals surface area contributed by atoms with Crippen molar-refractivity contribution in [3.63, 3.8) is 0 Å². The van der Waals surface area contributed by atoms with Crippen molar-refractivity contribution in [2.45, 2.75) is 49.0 Å². The Bertz CT molecular complexity index is 1490. The fourth-order valence-corrected chi connectivity index (χ4v) is 6.52. The Hall–Kier alpha value is -3.71. The molecule has 3 heterocycles. The zero-order valence-corrected chi connectivity index (χ0v) is 22.3. The van der Waals surface area contributed by atoms with Gasteiger partial charge in [0, 0.05) is 18.2 Å². The first-order valence-corrected chi connectivity index (χ1v) is 13.5. The molecular formula is C27H25F3N6O3S. The minimum Gasteiger partial charge on any atom is -0.406 e. The predicted molar refractivity (Wildman–Crippen MR) is 145 cm³/mol. The van der Waals surface area contributed by atoms with E-state index in [1.807, 2.05) is 48.5 Å². The monoisotopic (exact) mass is 570 g/mol. The first-order chi connectivity index (χ1) is 19.2. The molecule has 6 rings (SSSR count). The number of fused-ring (bicyclic) bond motifs is 1. The Balaban J connectivity index is 1.30. The maximum atomic E-state index is 13.7. The lowest BCUT2D eigenvalue weighted by Crippen LogP contribution is -2.46. The minimum atomic E-state index is -4.60. The number of benzene rings is 2. The highest BCUT2D eigenvalue weighted by Gasteiger charge is 2.58. The van der Waals surface area contributed by atoms with E-state index in [2.05, 4.69) is 30.8 Å². The number of carbonyl (C=O) groups is 1. The van der Waals surface area contributed by atoms with E-state index < -0.39 is 34.1 Å². The Morgan fingerprint density at radius 3 is 2.52 bits per heavy atom. The number of anilines is 2. The van der Waals surface area contributed by atoms with Crippen LogP contribution in [0.4, 0.5) is 24.9 Å². The number of ether oxygens (including phenoxy) is 1. The van der Waals surface area contributed by atoms with Gasteiger partial charge in [-0.05, 0) is 31.7 Å². The van der Waals surface area contributed by atoms with Gasteiger partial charge in [0.1, 0.15) is 6.04 Å². The lowest BCUT2D eigenvalue weighted by atomic mass is 9.71. The molecule has 2 aliphatic heterocycles. The Kier molecular flexibility index (Phi) is 6.65. The van der Waals surface area contributed by atoms with Crippen LogP contribution in [0.3, 0.4) is 0 Å². The molecule has 3 aromatic rings. The lowest BCUT2D eigenvalue weighted by molar-refractivity contribution is -0.116. The number of amides is 1. The van der Waals surface area contributed by atoms with Gasteiger partial charge in [0.25, 0.3) is 5.91 Å². The summed E-state index contributed by atoms with van der Waals surface area (Å²) in [7, 11) is 1.59. The number of benzodiazepines with no additional fused rings is 1. The molecule has 9 nitrogen and oxygen atoms in total. The zero-order valence-electron chi connectivity index (χ0n) is 21.5. The summed E-state index contributed by atoms with van der Waals surface area (Å²) in [6.45, 7) is 1.74. The first kappa shape index (κ1) is 26.5. The number of methoxy groups -OCH3 is 1. The molecule has 1 aromatic heterocycles. The topological polar surface area (TPSA) is 114 Å². The van der Waals surface area contributed by atoms with E-state index in [0.29, 0.717) is 36.0 Å². The van der Waals surface area contributed by atoms with E-state index in [0.717, 1.165) is 11.1 Å². The summed E-state index contributed by atoms with van der Waals surface area (Å²) in [5.41, 5.74) is 2.70. The molecule has 208 valence electrons. The number of aromatic nitrogens is 2. The zero-order chi connectivity index (χ0) is 28.1. The van der Waals surface area contributed by atoms with Crippen LogP contribution < -0.4 is 10.6 Å². The second-order valence-electron chi connectivity index (χ2n) is 10.0. The number of para-hydroxylation sites is 1. The summed E-state index contributed by atoms with van der Waals surface area (Å²) in [6, 6.07) is 15.5. The maximum Gasteiger partial charge on any atom is 0.439 e. The normalized spacial score (nSPS) is 28.1. The molecule has 1 saturated carbocycles. The smallest absolute Gasteiger partial charge is 0.406 e. The predicted octanol–water partition coefficient (Wildman–Crippen LogP) is 5.23. The number of hydrogen-bond donors (Lipinski definition) is 2. The van der Waals surface area contributed by atoms with Crippen molar-refractivity contribution in [1.82, 2.24) is 10.2 Å². The number of thioether (sulfide) groups is 1. The van der Waals surface area contributed by atoms with Crippen molar-refractivity contribution in [1.29, 1.82) is 0 Å². The van der Waals surface area contributed by atoms with Crippen molar-refractivity contribution in [3.05, 3.63) is 71.6 Å². The molecule has 0 spiro atoms. The molecule has 3 atom stereocenters. The highest BCUT2D eigenvalue weighted by atomic mass is 32.2. The summed E-state index contributed by atoms with van der Waals surface area (Å²) < 4.78 is 51.3. The summed E-state index contributed by atoms with van der Waals surface area (Å²) in [4.78, 5) is 21.8. The van der Waals surface area contributed by atoms with Gasteiger partial charge in [0.15, 0.2) is 5.04 Å². The van der Waals surface area contributed by atoms with Crippen molar-refractivity contribution < 1.29 is 27.1 Å². The van der Waals surface area contributed by atoms with Gasteiger partial charge in [0.2, 0.25) is 12.1 Å². The molecule has 2 aromatic carbocycles. The minimum absolute atomic E-state index is 0.00697. The van der Waals surface area contributed by atoms with Crippen molar-refractivity contribution in [2.75, 3.05) is 17.7 Å². The number of nitrogens with zero attached hydrogens (tertiary/aromatic N) is 4. The molecular weight excluding hydrogens is 545 g/mol. The first-order valence-electron chi connectivity index (χ1n) is 12.7. The molecule has 0 saturated heterocycles. The maximum absolute atomic E-state index is 13.7. The van der Waals surface area contributed by atoms with E-state index in [4.69, 9.17) is 9.15 Å². The van der Waals surface area contributed by atoms with Gasteiger partial charge in [-0.15, -0.1) is 5.10 Å². The summed E-state index contributed by atoms with van der Waals surface area (Å²) in [5.74, 6) is -0.623. The molecule has 0 bridgehead atoms. The van der Waals surface area contributed by atoms with Crippen LogP contribution in [0.15, 0.2) is 69.0 Å². The standard InChI is InChI=1S/C27H25F3N6O3S/c1-26(15-12-16(13-15)38-2)20(33-24(40-26)27(28,29)30)23-35-36-25(39-23)34-21-22(37)31-18-11-7-6-10-17(18)19(32-21)14-8-4-3-5-9-14/h3-11,15-16,20-21H,12-13H2,1-2H3,(H,31,37)(H,34,36)/t15?,16?,20?,21-,26?/m1/s1. The van der Waals surface area contributed by atoms with Crippen molar-refractivity contribution in [3.8, 4) is 0 Å². The van der Waals surface area contributed by atoms with Gasteiger partial charge in [-0.3, -0.25) is 9.79 Å². The van der Waals surface area contributed by atoms with Crippen molar-refractivity contribution >= 4 is 40.1 Å².